The van der Waals surface area contributed by atoms with Gasteiger partial charge < -0.3 is 14.7 Å². The van der Waals surface area contributed by atoms with Gasteiger partial charge in [0, 0.05) is 30.1 Å². The topological polar surface area (TPSA) is 97.5 Å². The summed E-state index contributed by atoms with van der Waals surface area (Å²) < 4.78 is 62.9. The Hall–Kier alpha value is -4.74. The Kier molecular flexibility index (Phi) is 7.83. The van der Waals surface area contributed by atoms with E-state index in [1.54, 1.807) is 36.4 Å². The minimum Gasteiger partial charge on any atom is -0.488 e. The fourth-order valence-corrected chi connectivity index (χ4v) is 5.56. The molecular weight excluding hydrogens is 580 g/mol. The lowest BCUT2D eigenvalue weighted by atomic mass is 9.88. The first-order valence-corrected chi connectivity index (χ1v) is 14.3. The maximum absolute atomic E-state index is 15.2. The maximum atomic E-state index is 15.2. The number of hydrogen-bond donors (Lipinski definition) is 1. The van der Waals surface area contributed by atoms with Crippen molar-refractivity contribution in [1.82, 2.24) is 19.7 Å². The van der Waals surface area contributed by atoms with Gasteiger partial charge in [0.1, 0.15) is 23.7 Å². The first kappa shape index (κ1) is 29.3. The number of likely N-dealkylation sites (tertiary alicyclic amines) is 1. The van der Waals surface area contributed by atoms with Gasteiger partial charge in [-0.15, -0.1) is 0 Å². The number of amides is 1. The van der Waals surface area contributed by atoms with Crippen molar-refractivity contribution in [2.45, 2.75) is 44.4 Å². The molecule has 0 bridgehead atoms. The Morgan fingerprint density at radius 1 is 0.977 bits per heavy atom. The molecule has 2 fully saturated rings. The third-order valence-corrected chi connectivity index (χ3v) is 8.05. The molecule has 0 spiro atoms. The number of alkyl halides is 3. The molecule has 1 saturated carbocycles. The summed E-state index contributed by atoms with van der Waals surface area (Å²) in [5.74, 6) is -1.48. The van der Waals surface area contributed by atoms with Crippen LogP contribution in [0.4, 0.5) is 17.6 Å². The average Bonchev–Trinajstić information content (AvgIpc) is 3.76. The Morgan fingerprint density at radius 3 is 2.41 bits per heavy atom. The number of ether oxygens (including phenoxy) is 1. The molecule has 0 unspecified atom stereocenters. The third-order valence-electron chi connectivity index (χ3n) is 8.05. The lowest BCUT2D eigenvalue weighted by Gasteiger charge is -2.32. The summed E-state index contributed by atoms with van der Waals surface area (Å²) in [7, 11) is 0. The Balaban J connectivity index is 1.18. The molecule has 3 heterocycles. The summed E-state index contributed by atoms with van der Waals surface area (Å²) in [6.07, 6.45) is -0.833. The van der Waals surface area contributed by atoms with Crippen molar-refractivity contribution in [3.63, 3.8) is 0 Å². The number of pyridine rings is 1. The molecule has 0 atom stereocenters. The number of aromatic nitrogens is 3. The van der Waals surface area contributed by atoms with Gasteiger partial charge in [-0.3, -0.25) is 4.79 Å². The maximum Gasteiger partial charge on any atom is 0.434 e. The first-order valence-electron chi connectivity index (χ1n) is 14.3. The summed E-state index contributed by atoms with van der Waals surface area (Å²) in [6.45, 7) is 1.25. The number of benzene rings is 2. The fourth-order valence-electron chi connectivity index (χ4n) is 5.56. The second kappa shape index (κ2) is 11.7. The minimum atomic E-state index is -4.99. The SMILES string of the molecule is O=C(O)c1cnn(-c2cccc(-c3ccccc3OCc3ccc(C4CCN(C(=O)C5CC5)CC4)cc3F)n2)c1C(F)(F)F. The van der Waals surface area contributed by atoms with Gasteiger partial charge in [-0.05, 0) is 67.5 Å². The molecular formula is C32H28F4N4O4. The van der Waals surface area contributed by atoms with Crippen molar-refractivity contribution in [3.8, 4) is 22.8 Å². The number of carboxylic acids is 1. The highest BCUT2D eigenvalue weighted by Gasteiger charge is 2.41. The molecule has 1 aliphatic carbocycles. The average molecular weight is 609 g/mol. The van der Waals surface area contributed by atoms with E-state index >= 15 is 4.39 Å². The molecule has 0 radical (unpaired) electrons. The largest absolute Gasteiger partial charge is 0.488 e. The van der Waals surface area contributed by atoms with E-state index in [2.05, 4.69) is 10.1 Å². The predicted molar refractivity (Wildman–Crippen MR) is 151 cm³/mol. The lowest BCUT2D eigenvalue weighted by molar-refractivity contribution is -0.143. The van der Waals surface area contributed by atoms with E-state index in [9.17, 15) is 27.9 Å². The van der Waals surface area contributed by atoms with Crippen molar-refractivity contribution < 1.29 is 37.0 Å². The van der Waals surface area contributed by atoms with Crippen LogP contribution in [0.5, 0.6) is 5.75 Å². The van der Waals surface area contributed by atoms with Gasteiger partial charge in [-0.2, -0.15) is 18.3 Å². The van der Waals surface area contributed by atoms with Crippen LogP contribution in [0, 0.1) is 11.7 Å². The number of para-hydroxylation sites is 1. The summed E-state index contributed by atoms with van der Waals surface area (Å²) in [4.78, 5) is 30.0. The van der Waals surface area contributed by atoms with Crippen LogP contribution in [0.3, 0.4) is 0 Å². The third kappa shape index (κ3) is 6.01. The van der Waals surface area contributed by atoms with Gasteiger partial charge in [0.2, 0.25) is 5.91 Å². The van der Waals surface area contributed by atoms with E-state index in [0.29, 0.717) is 40.8 Å². The quantitative estimate of drug-likeness (QED) is 0.230. The molecule has 6 rings (SSSR count). The zero-order chi connectivity index (χ0) is 31.0. The molecule has 1 N–H and O–H groups in total. The molecule has 44 heavy (non-hydrogen) atoms. The molecule has 8 nitrogen and oxygen atoms in total. The van der Waals surface area contributed by atoms with Gasteiger partial charge in [0.15, 0.2) is 11.5 Å². The normalized spacial score (nSPS) is 15.8. The van der Waals surface area contributed by atoms with Crippen LogP contribution in [-0.2, 0) is 17.6 Å². The number of aromatic carboxylic acids is 1. The van der Waals surface area contributed by atoms with Gasteiger partial charge in [-0.1, -0.05) is 30.3 Å². The second-order valence-electron chi connectivity index (χ2n) is 11.0. The second-order valence-corrected chi connectivity index (χ2v) is 11.0. The number of halogens is 4. The zero-order valence-corrected chi connectivity index (χ0v) is 23.4. The lowest BCUT2D eigenvalue weighted by Crippen LogP contribution is -2.38. The van der Waals surface area contributed by atoms with Crippen molar-refractivity contribution in [3.05, 3.63) is 95.1 Å². The highest BCUT2D eigenvalue weighted by Crippen LogP contribution is 2.36. The highest BCUT2D eigenvalue weighted by molar-refractivity contribution is 5.89. The van der Waals surface area contributed by atoms with Crippen LogP contribution in [0.15, 0.2) is 66.9 Å². The Morgan fingerprint density at radius 2 is 1.73 bits per heavy atom. The molecule has 12 heteroatoms. The van der Waals surface area contributed by atoms with Crippen LogP contribution in [0.2, 0.25) is 0 Å². The predicted octanol–water partition coefficient (Wildman–Crippen LogP) is 6.49. The van der Waals surface area contributed by atoms with Crippen molar-refractivity contribution in [2.24, 2.45) is 5.92 Å². The summed E-state index contributed by atoms with van der Waals surface area (Å²) in [5.41, 5.74) is -0.529. The number of rotatable bonds is 8. The highest BCUT2D eigenvalue weighted by atomic mass is 19.4. The smallest absolute Gasteiger partial charge is 0.434 e. The zero-order valence-electron chi connectivity index (χ0n) is 23.4. The molecule has 2 aliphatic rings. The molecule has 4 aromatic rings. The summed E-state index contributed by atoms with van der Waals surface area (Å²) in [5, 5.41) is 12.9. The minimum absolute atomic E-state index is 0.101. The van der Waals surface area contributed by atoms with Gasteiger partial charge in [0.25, 0.3) is 0 Å². The van der Waals surface area contributed by atoms with Crippen molar-refractivity contribution in [2.75, 3.05) is 13.1 Å². The van der Waals surface area contributed by atoms with Gasteiger partial charge in [0.05, 0.1) is 11.9 Å². The Bertz CT molecular complexity index is 1710. The number of nitrogens with zero attached hydrogens (tertiary/aromatic N) is 4. The van der Waals surface area contributed by atoms with E-state index in [1.165, 1.54) is 18.2 Å². The summed E-state index contributed by atoms with van der Waals surface area (Å²) >= 11 is 0. The molecule has 1 aliphatic heterocycles. The number of carboxylic acid groups (broad SMARTS) is 1. The van der Waals surface area contributed by atoms with Crippen LogP contribution < -0.4 is 4.74 Å². The number of piperidine rings is 1. The van der Waals surface area contributed by atoms with E-state index in [4.69, 9.17) is 4.74 Å². The number of carbonyl (C=O) groups excluding carboxylic acids is 1. The molecule has 2 aromatic carbocycles. The van der Waals surface area contributed by atoms with Gasteiger partial charge in [-0.25, -0.2) is 18.9 Å². The fraction of sp³-hybridized carbons (Fsp3) is 0.312. The first-order chi connectivity index (χ1) is 21.1. The molecule has 2 aromatic heterocycles. The van der Waals surface area contributed by atoms with Crippen LogP contribution in [-0.4, -0.2) is 49.7 Å². The van der Waals surface area contributed by atoms with E-state index in [0.717, 1.165) is 31.2 Å². The van der Waals surface area contributed by atoms with E-state index < -0.39 is 29.2 Å². The van der Waals surface area contributed by atoms with Crippen LogP contribution in [0.25, 0.3) is 17.1 Å². The molecule has 1 amide bonds. The van der Waals surface area contributed by atoms with Crippen molar-refractivity contribution >= 4 is 11.9 Å². The van der Waals surface area contributed by atoms with E-state index in [-0.39, 0.29) is 35.9 Å². The molecule has 228 valence electrons. The van der Waals surface area contributed by atoms with E-state index in [1.807, 2.05) is 11.0 Å². The number of carbonyl (C=O) groups is 2. The van der Waals surface area contributed by atoms with Crippen LogP contribution >= 0.6 is 0 Å². The number of hydrogen-bond acceptors (Lipinski definition) is 5. The summed E-state index contributed by atoms with van der Waals surface area (Å²) in [6, 6.07) is 16.1. The monoisotopic (exact) mass is 608 g/mol. The standard InChI is InChI=1S/C32H28F4N4O4/c33-25-16-21(19-12-14-39(15-13-19)30(41)20-8-9-20)10-11-22(25)18-44-27-6-2-1-4-23(27)26-5-3-7-28(38-26)40-29(32(34,35)36)24(17-37-40)31(42)43/h1-7,10-11,16-17,19-20H,8-9,12-15,18H2,(H,42,43). The molecule has 1 saturated heterocycles. The van der Waals surface area contributed by atoms with Crippen molar-refractivity contribution in [1.29, 1.82) is 0 Å². The van der Waals surface area contributed by atoms with Crippen LogP contribution in [0.1, 0.15) is 58.8 Å². The Labute approximate surface area is 249 Å². The van der Waals surface area contributed by atoms with Gasteiger partial charge >= 0.3 is 12.1 Å².